The summed E-state index contributed by atoms with van der Waals surface area (Å²) in [4.78, 5) is 11.5. The summed E-state index contributed by atoms with van der Waals surface area (Å²) < 4.78 is 1.97. The van der Waals surface area contributed by atoms with E-state index in [4.69, 9.17) is 5.10 Å². The summed E-state index contributed by atoms with van der Waals surface area (Å²) in [6.45, 7) is 1.94. The molecule has 0 aliphatic carbocycles. The predicted octanol–water partition coefficient (Wildman–Crippen LogP) is 3.66. The van der Waals surface area contributed by atoms with Gasteiger partial charge in [0, 0.05) is 11.1 Å². The van der Waals surface area contributed by atoms with Crippen LogP contribution in [0.4, 0.5) is 4.79 Å². The van der Waals surface area contributed by atoms with Gasteiger partial charge < -0.3 is 5.32 Å². The number of nitrogens with one attached hydrogen (secondary N) is 4. The highest BCUT2D eigenvalue weighted by Gasteiger charge is 2.23. The van der Waals surface area contributed by atoms with Gasteiger partial charge in [0.2, 0.25) is 0 Å². The second-order valence-electron chi connectivity index (χ2n) is 8.05. The van der Waals surface area contributed by atoms with Crippen LogP contribution in [0.15, 0.2) is 96.1 Å². The van der Waals surface area contributed by atoms with Crippen molar-refractivity contribution in [2.24, 2.45) is 5.10 Å². The van der Waals surface area contributed by atoms with Gasteiger partial charge in [-0.3, -0.25) is 10.9 Å². The third kappa shape index (κ3) is 4.67. The number of hydrazone groups is 1. The van der Waals surface area contributed by atoms with Crippen LogP contribution in [0.25, 0.3) is 28.2 Å². The van der Waals surface area contributed by atoms with Gasteiger partial charge >= 0.3 is 6.03 Å². The SMILES string of the molecule is CC1NNC(=O)NC1N/N=C/c1ccc(-n2nc(-c3ccccc3)cc2-c2ccccc2)cc1. The van der Waals surface area contributed by atoms with Crippen LogP contribution in [-0.4, -0.2) is 34.2 Å². The van der Waals surface area contributed by atoms with Crippen molar-refractivity contribution in [1.29, 1.82) is 0 Å². The van der Waals surface area contributed by atoms with Crippen molar-refractivity contribution in [3.63, 3.8) is 0 Å². The second-order valence-corrected chi connectivity index (χ2v) is 8.05. The molecule has 0 spiro atoms. The predicted molar refractivity (Wildman–Crippen MR) is 133 cm³/mol. The van der Waals surface area contributed by atoms with Crippen molar-refractivity contribution in [2.75, 3.05) is 0 Å². The largest absolute Gasteiger partial charge is 0.330 e. The highest BCUT2D eigenvalue weighted by Crippen LogP contribution is 2.28. The van der Waals surface area contributed by atoms with Crippen molar-refractivity contribution in [3.05, 3.63) is 96.6 Å². The fourth-order valence-electron chi connectivity index (χ4n) is 3.75. The Balaban J connectivity index is 1.39. The fraction of sp³-hybridized carbons (Fsp3) is 0.115. The molecule has 2 heterocycles. The van der Waals surface area contributed by atoms with Gasteiger partial charge in [-0.15, -0.1) is 0 Å². The van der Waals surface area contributed by atoms with Gasteiger partial charge in [-0.2, -0.15) is 10.2 Å². The minimum Gasteiger partial charge on any atom is -0.314 e. The van der Waals surface area contributed by atoms with E-state index in [0.717, 1.165) is 33.8 Å². The maximum atomic E-state index is 11.5. The van der Waals surface area contributed by atoms with Crippen molar-refractivity contribution in [1.82, 2.24) is 31.4 Å². The molecule has 2 atom stereocenters. The van der Waals surface area contributed by atoms with E-state index < -0.39 is 0 Å². The van der Waals surface area contributed by atoms with Crippen LogP contribution >= 0.6 is 0 Å². The molecule has 0 bridgehead atoms. The molecule has 1 aromatic heterocycles. The van der Waals surface area contributed by atoms with E-state index >= 15 is 0 Å². The molecule has 1 aliphatic rings. The van der Waals surface area contributed by atoms with Gasteiger partial charge in [-0.1, -0.05) is 72.8 Å². The summed E-state index contributed by atoms with van der Waals surface area (Å²) in [7, 11) is 0. The molecule has 2 amide bonds. The zero-order valence-corrected chi connectivity index (χ0v) is 18.6. The Morgan fingerprint density at radius 1 is 0.941 bits per heavy atom. The fourth-order valence-corrected chi connectivity index (χ4v) is 3.75. The van der Waals surface area contributed by atoms with E-state index in [-0.39, 0.29) is 18.2 Å². The first kappa shape index (κ1) is 21.4. The lowest BCUT2D eigenvalue weighted by molar-refractivity contribution is 0.202. The molecule has 5 rings (SSSR count). The molecular formula is C26H25N7O. The molecule has 4 aromatic rings. The van der Waals surface area contributed by atoms with Crippen LogP contribution in [0, 0.1) is 0 Å². The molecule has 1 fully saturated rings. The molecule has 3 aromatic carbocycles. The smallest absolute Gasteiger partial charge is 0.314 e. The molecule has 170 valence electrons. The Morgan fingerprint density at radius 3 is 2.32 bits per heavy atom. The minimum absolute atomic E-state index is 0.0211. The van der Waals surface area contributed by atoms with E-state index in [1.165, 1.54) is 0 Å². The van der Waals surface area contributed by atoms with E-state index in [0.29, 0.717) is 0 Å². The summed E-state index contributed by atoms with van der Waals surface area (Å²) in [6.07, 6.45) is 1.42. The highest BCUT2D eigenvalue weighted by atomic mass is 16.2. The summed E-state index contributed by atoms with van der Waals surface area (Å²) in [5, 5.41) is 12.0. The molecule has 0 saturated carbocycles. The van der Waals surface area contributed by atoms with Gasteiger partial charge in [-0.25, -0.2) is 14.9 Å². The van der Waals surface area contributed by atoms with Crippen molar-refractivity contribution in [3.8, 4) is 28.2 Å². The average molecular weight is 452 g/mol. The van der Waals surface area contributed by atoms with Gasteiger partial charge in [0.15, 0.2) is 0 Å². The minimum atomic E-state index is -0.307. The molecular weight excluding hydrogens is 426 g/mol. The second kappa shape index (κ2) is 9.60. The first-order valence-electron chi connectivity index (χ1n) is 11.1. The van der Waals surface area contributed by atoms with Crippen molar-refractivity contribution in [2.45, 2.75) is 19.1 Å². The van der Waals surface area contributed by atoms with Crippen LogP contribution in [0.2, 0.25) is 0 Å². The number of hydrogen-bond donors (Lipinski definition) is 4. The van der Waals surface area contributed by atoms with Crippen LogP contribution < -0.4 is 21.6 Å². The number of amides is 2. The van der Waals surface area contributed by atoms with Crippen LogP contribution in [0.5, 0.6) is 0 Å². The summed E-state index contributed by atoms with van der Waals surface area (Å²) in [5.41, 5.74) is 14.3. The Morgan fingerprint density at radius 2 is 1.62 bits per heavy atom. The van der Waals surface area contributed by atoms with Crippen LogP contribution in [0.3, 0.4) is 0 Å². The third-order valence-corrected chi connectivity index (χ3v) is 5.61. The average Bonchev–Trinajstić information content (AvgIpc) is 3.33. The lowest BCUT2D eigenvalue weighted by Gasteiger charge is -2.30. The normalized spacial score (nSPS) is 17.9. The number of rotatable bonds is 6. The highest BCUT2D eigenvalue weighted by molar-refractivity contribution is 5.80. The van der Waals surface area contributed by atoms with Gasteiger partial charge in [-0.05, 0) is 30.7 Å². The number of benzene rings is 3. The lowest BCUT2D eigenvalue weighted by atomic mass is 10.1. The molecule has 0 radical (unpaired) electrons. The monoisotopic (exact) mass is 451 g/mol. The van der Waals surface area contributed by atoms with Crippen LogP contribution in [-0.2, 0) is 0 Å². The van der Waals surface area contributed by atoms with Gasteiger partial charge in [0.05, 0.1) is 29.3 Å². The zero-order chi connectivity index (χ0) is 23.3. The summed E-state index contributed by atoms with van der Waals surface area (Å²) >= 11 is 0. The Kier molecular flexibility index (Phi) is 6.05. The first-order chi connectivity index (χ1) is 16.7. The number of nitrogens with zero attached hydrogens (tertiary/aromatic N) is 3. The molecule has 1 aliphatic heterocycles. The van der Waals surface area contributed by atoms with Gasteiger partial charge in [0.1, 0.15) is 6.17 Å². The lowest BCUT2D eigenvalue weighted by Crippen LogP contribution is -2.67. The molecule has 1 saturated heterocycles. The van der Waals surface area contributed by atoms with E-state index in [1.807, 2.05) is 72.3 Å². The number of carbonyl (C=O) groups is 1. The number of aromatic nitrogens is 2. The first-order valence-corrected chi connectivity index (χ1v) is 11.1. The molecule has 34 heavy (non-hydrogen) atoms. The molecule has 8 nitrogen and oxygen atoms in total. The Labute approximate surface area is 197 Å². The number of urea groups is 1. The van der Waals surface area contributed by atoms with Crippen molar-refractivity contribution >= 4 is 12.2 Å². The Bertz CT molecular complexity index is 1280. The van der Waals surface area contributed by atoms with Crippen molar-refractivity contribution < 1.29 is 4.79 Å². The quantitative estimate of drug-likeness (QED) is 0.266. The summed E-state index contributed by atoms with van der Waals surface area (Å²) in [5.74, 6) is 0. The Hall–Kier alpha value is -4.43. The molecule has 4 N–H and O–H groups in total. The topological polar surface area (TPSA) is 95.4 Å². The third-order valence-electron chi connectivity index (χ3n) is 5.61. The van der Waals surface area contributed by atoms with Crippen LogP contribution in [0.1, 0.15) is 12.5 Å². The zero-order valence-electron chi connectivity index (χ0n) is 18.6. The summed E-state index contributed by atoms with van der Waals surface area (Å²) in [6, 6.07) is 30.2. The number of hydrogen-bond acceptors (Lipinski definition) is 5. The van der Waals surface area contributed by atoms with E-state index in [9.17, 15) is 4.79 Å². The van der Waals surface area contributed by atoms with E-state index in [1.54, 1.807) is 6.21 Å². The van der Waals surface area contributed by atoms with E-state index in [2.05, 4.69) is 57.0 Å². The maximum absolute atomic E-state index is 11.5. The maximum Gasteiger partial charge on any atom is 0.330 e. The van der Waals surface area contributed by atoms with Gasteiger partial charge in [0.25, 0.3) is 0 Å². The number of hydrazine groups is 1. The standard InChI is InChI=1S/C26H25N7O/c1-18-25(28-26(34)31-29-18)30-27-17-19-12-14-22(15-13-19)33-24(21-10-6-3-7-11-21)16-23(32-33)20-8-4-2-5-9-20/h2-18,25,29-30H,1H3,(H2,28,31,34)/b27-17+. The molecule has 2 unspecified atom stereocenters. The molecule has 8 heteroatoms. The number of carbonyl (C=O) groups excluding carboxylic acids is 1.